The molecule has 3 N–H and O–H groups in total. The number of carboxylic acids is 1. The fourth-order valence-electron chi connectivity index (χ4n) is 2.35. The molecule has 2 unspecified atom stereocenters. The topological polar surface area (TPSA) is 140 Å². The summed E-state index contributed by atoms with van der Waals surface area (Å²) in [4.78, 5) is 37.1. The Morgan fingerprint density at radius 2 is 2.10 bits per heavy atom. The van der Waals surface area contributed by atoms with E-state index in [-0.39, 0.29) is 18.9 Å². The number of nitrogens with one attached hydrogen (secondary N) is 2. The number of carbonyl (C=O) groups is 1. The van der Waals surface area contributed by atoms with Crippen molar-refractivity contribution in [2.24, 2.45) is 5.92 Å². The van der Waals surface area contributed by atoms with Gasteiger partial charge in [0.25, 0.3) is 15.6 Å². The quantitative estimate of drug-likeness (QED) is 0.649. The second kappa shape index (κ2) is 5.45. The molecule has 116 valence electrons. The maximum Gasteiger partial charge on any atom is 0.325 e. The Hall–Kier alpha value is -1.94. The zero-order chi connectivity index (χ0) is 15.8. The van der Waals surface area contributed by atoms with E-state index in [0.29, 0.717) is 6.42 Å². The normalized spacial score (nSPS) is 23.9. The van der Waals surface area contributed by atoms with Crippen LogP contribution in [0.25, 0.3) is 0 Å². The van der Waals surface area contributed by atoms with Crippen molar-refractivity contribution < 1.29 is 18.3 Å². The Labute approximate surface area is 119 Å². The van der Waals surface area contributed by atoms with Crippen molar-refractivity contribution in [3.05, 3.63) is 27.0 Å². The minimum absolute atomic E-state index is 0.0129. The van der Waals surface area contributed by atoms with Gasteiger partial charge in [0, 0.05) is 12.7 Å². The van der Waals surface area contributed by atoms with Gasteiger partial charge in [-0.15, -0.1) is 0 Å². The largest absolute Gasteiger partial charge is 0.480 e. The summed E-state index contributed by atoms with van der Waals surface area (Å²) < 4.78 is 25.7. The van der Waals surface area contributed by atoms with E-state index in [0.717, 1.165) is 10.5 Å². The van der Waals surface area contributed by atoms with Gasteiger partial charge in [0.1, 0.15) is 6.04 Å². The van der Waals surface area contributed by atoms with Crippen molar-refractivity contribution >= 4 is 16.0 Å². The molecule has 0 amide bonds. The van der Waals surface area contributed by atoms with Crippen molar-refractivity contribution in [3.8, 4) is 0 Å². The zero-order valence-electron chi connectivity index (χ0n) is 11.2. The molecular weight excluding hydrogens is 302 g/mol. The Kier molecular flexibility index (Phi) is 4.01. The highest BCUT2D eigenvalue weighted by Gasteiger charge is 2.40. The lowest BCUT2D eigenvalue weighted by molar-refractivity contribution is -0.143. The highest BCUT2D eigenvalue weighted by atomic mass is 32.2. The van der Waals surface area contributed by atoms with E-state index in [1.165, 1.54) is 0 Å². The van der Waals surface area contributed by atoms with Crippen LogP contribution < -0.4 is 11.2 Å². The molecule has 0 saturated carbocycles. The predicted molar refractivity (Wildman–Crippen MR) is 71.4 cm³/mol. The first-order valence-electron chi connectivity index (χ1n) is 6.30. The molecule has 2 heterocycles. The minimum Gasteiger partial charge on any atom is -0.480 e. The number of rotatable bonds is 3. The second-order valence-corrected chi connectivity index (χ2v) is 6.89. The molecule has 1 aromatic rings. The van der Waals surface area contributed by atoms with Gasteiger partial charge in [-0.3, -0.25) is 14.6 Å². The van der Waals surface area contributed by atoms with E-state index in [1.54, 1.807) is 0 Å². The average Bonchev–Trinajstić information content (AvgIpc) is 2.37. The summed E-state index contributed by atoms with van der Waals surface area (Å²) in [6.07, 6.45) is 1.47. The van der Waals surface area contributed by atoms with Gasteiger partial charge in [0.05, 0.1) is 0 Å². The maximum absolute atomic E-state index is 12.5. The summed E-state index contributed by atoms with van der Waals surface area (Å²) in [7, 11) is -4.29. The van der Waals surface area contributed by atoms with Crippen molar-refractivity contribution in [1.82, 2.24) is 14.3 Å². The number of aliphatic carboxylic acids is 1. The number of hydrogen-bond donors (Lipinski definition) is 3. The van der Waals surface area contributed by atoms with Crippen LogP contribution in [0.3, 0.4) is 0 Å². The number of nitrogens with zero attached hydrogens (tertiary/aromatic N) is 1. The van der Waals surface area contributed by atoms with Gasteiger partial charge >= 0.3 is 11.7 Å². The number of aromatic nitrogens is 2. The van der Waals surface area contributed by atoms with Crippen LogP contribution in [-0.4, -0.2) is 46.4 Å². The molecule has 10 heteroatoms. The van der Waals surface area contributed by atoms with Crippen molar-refractivity contribution in [2.75, 3.05) is 6.54 Å². The molecule has 2 rings (SSSR count). The number of aromatic amines is 2. The Balaban J connectivity index is 2.49. The summed E-state index contributed by atoms with van der Waals surface area (Å²) >= 11 is 0. The monoisotopic (exact) mass is 317 g/mol. The van der Waals surface area contributed by atoms with Gasteiger partial charge in [-0.2, -0.15) is 4.31 Å². The molecule has 1 aromatic heterocycles. The van der Waals surface area contributed by atoms with Crippen LogP contribution >= 0.6 is 0 Å². The molecule has 0 radical (unpaired) electrons. The molecule has 0 aromatic carbocycles. The fraction of sp³-hybridized carbons (Fsp3) is 0.545. The fourth-order valence-corrected chi connectivity index (χ4v) is 3.95. The zero-order valence-corrected chi connectivity index (χ0v) is 12.0. The smallest absolute Gasteiger partial charge is 0.325 e. The van der Waals surface area contributed by atoms with E-state index in [4.69, 9.17) is 0 Å². The van der Waals surface area contributed by atoms with Gasteiger partial charge in [-0.1, -0.05) is 6.92 Å². The lowest BCUT2D eigenvalue weighted by Gasteiger charge is -2.34. The number of H-pyrrole nitrogens is 2. The lowest BCUT2D eigenvalue weighted by atomic mass is 9.94. The Bertz CT molecular complexity index is 765. The summed E-state index contributed by atoms with van der Waals surface area (Å²) in [5.74, 6) is -1.18. The van der Waals surface area contributed by atoms with Crippen molar-refractivity contribution in [2.45, 2.75) is 30.7 Å². The van der Waals surface area contributed by atoms with Crippen LogP contribution in [-0.2, 0) is 14.8 Å². The number of carboxylic acid groups (broad SMARTS) is 1. The Morgan fingerprint density at radius 1 is 1.43 bits per heavy atom. The molecule has 0 spiro atoms. The first-order chi connectivity index (χ1) is 9.73. The Morgan fingerprint density at radius 3 is 2.67 bits per heavy atom. The minimum atomic E-state index is -4.29. The lowest BCUT2D eigenvalue weighted by Crippen LogP contribution is -2.50. The SMILES string of the molecule is CC1CCN(S(=O)(=O)c2c[nH]c(=O)[nH]c2=O)C(C(=O)O)C1. The summed E-state index contributed by atoms with van der Waals surface area (Å²) in [6.45, 7) is 1.85. The third-order valence-corrected chi connectivity index (χ3v) is 5.39. The average molecular weight is 317 g/mol. The van der Waals surface area contributed by atoms with E-state index in [9.17, 15) is 27.9 Å². The van der Waals surface area contributed by atoms with Gasteiger partial charge in [0.15, 0.2) is 4.90 Å². The van der Waals surface area contributed by atoms with E-state index < -0.39 is 38.2 Å². The van der Waals surface area contributed by atoms with E-state index >= 15 is 0 Å². The molecule has 0 bridgehead atoms. The van der Waals surface area contributed by atoms with Crippen LogP contribution in [0.5, 0.6) is 0 Å². The molecule has 1 saturated heterocycles. The maximum atomic E-state index is 12.5. The van der Waals surface area contributed by atoms with Crippen LogP contribution in [0.1, 0.15) is 19.8 Å². The second-order valence-electron chi connectivity index (χ2n) is 5.04. The molecule has 1 aliphatic heterocycles. The first kappa shape index (κ1) is 15.4. The third-order valence-electron chi connectivity index (χ3n) is 3.47. The summed E-state index contributed by atoms with van der Waals surface area (Å²) in [5, 5.41) is 9.20. The van der Waals surface area contributed by atoms with Crippen LogP contribution in [0.2, 0.25) is 0 Å². The highest BCUT2D eigenvalue weighted by molar-refractivity contribution is 7.89. The molecule has 0 aliphatic carbocycles. The molecule has 21 heavy (non-hydrogen) atoms. The number of piperidine rings is 1. The van der Waals surface area contributed by atoms with Gasteiger partial charge in [-0.25, -0.2) is 13.2 Å². The van der Waals surface area contributed by atoms with Gasteiger partial charge in [-0.05, 0) is 18.8 Å². The summed E-state index contributed by atoms with van der Waals surface area (Å²) in [5.41, 5.74) is -1.90. The molecule has 9 nitrogen and oxygen atoms in total. The number of hydrogen-bond acceptors (Lipinski definition) is 5. The highest BCUT2D eigenvalue weighted by Crippen LogP contribution is 2.27. The van der Waals surface area contributed by atoms with Crippen LogP contribution in [0, 0.1) is 5.92 Å². The third kappa shape index (κ3) is 2.90. The van der Waals surface area contributed by atoms with Crippen molar-refractivity contribution in [1.29, 1.82) is 0 Å². The molecule has 2 atom stereocenters. The van der Waals surface area contributed by atoms with E-state index in [2.05, 4.69) is 4.98 Å². The standard InChI is InChI=1S/C11H15N3O6S/c1-6-2-3-14(7(4-6)10(16)17)21(19,20)8-5-12-11(18)13-9(8)15/h5-7H,2-4H2,1H3,(H,16,17)(H2,12,13,15,18). The number of sulfonamides is 1. The molecule has 1 aliphatic rings. The molecule has 1 fully saturated rings. The van der Waals surface area contributed by atoms with Gasteiger partial charge in [0.2, 0.25) is 0 Å². The summed E-state index contributed by atoms with van der Waals surface area (Å²) in [6, 6.07) is -1.22. The first-order valence-corrected chi connectivity index (χ1v) is 7.74. The predicted octanol–water partition coefficient (Wildman–Crippen LogP) is -1.06. The van der Waals surface area contributed by atoms with Crippen LogP contribution in [0.15, 0.2) is 20.7 Å². The van der Waals surface area contributed by atoms with E-state index in [1.807, 2.05) is 11.9 Å². The van der Waals surface area contributed by atoms with Crippen LogP contribution in [0.4, 0.5) is 0 Å². The van der Waals surface area contributed by atoms with Gasteiger partial charge < -0.3 is 10.1 Å². The van der Waals surface area contributed by atoms with Crippen molar-refractivity contribution in [3.63, 3.8) is 0 Å². The molecular formula is C11H15N3O6S.